The Hall–Kier alpha value is -1.17. The molecule has 0 radical (unpaired) electrons. The predicted molar refractivity (Wildman–Crippen MR) is 292 cm³/mol. The predicted octanol–water partition coefficient (Wildman–Crippen LogP) is 18.8. The number of carbonyl (C=O) groups excluding carboxylic acids is 1. The average Bonchev–Trinajstić information content (AvgIpc) is 3.32. The Morgan fingerprint density at radius 3 is 0.924 bits per heavy atom. The zero-order chi connectivity index (χ0) is 47.9. The molecule has 0 aromatic rings. The Bertz CT molecular complexity index is 982. The minimum absolute atomic E-state index is 0.373. The molecular formula is C61H119NO4. The highest BCUT2D eigenvalue weighted by molar-refractivity contribution is 5.80. The molecule has 0 saturated carbocycles. The van der Waals surface area contributed by atoms with E-state index in [-0.39, 0.29) is 6.61 Å². The van der Waals surface area contributed by atoms with Crippen LogP contribution in [-0.4, -0.2) is 46.1 Å². The van der Waals surface area contributed by atoms with Gasteiger partial charge in [-0.25, -0.2) is 0 Å². The molecular weight excluding hydrogens is 811 g/mol. The van der Waals surface area contributed by atoms with Crippen molar-refractivity contribution in [2.75, 3.05) is 6.61 Å². The molecule has 0 spiro atoms. The summed E-state index contributed by atoms with van der Waals surface area (Å²) >= 11 is 0. The zero-order valence-electron chi connectivity index (χ0n) is 44.9. The molecule has 0 aromatic heterocycles. The van der Waals surface area contributed by atoms with Crippen LogP contribution in [0, 0.1) is 0 Å². The minimum atomic E-state index is -1.10. The van der Waals surface area contributed by atoms with Crippen LogP contribution in [0.1, 0.15) is 335 Å². The van der Waals surface area contributed by atoms with E-state index in [1.807, 2.05) is 6.08 Å². The topological polar surface area (TPSA) is 89.8 Å². The molecule has 3 unspecified atom stereocenters. The lowest BCUT2D eigenvalue weighted by Gasteiger charge is -2.21. The molecule has 0 aliphatic rings. The molecule has 0 heterocycles. The number of hydrogen-bond donors (Lipinski definition) is 4. The summed E-state index contributed by atoms with van der Waals surface area (Å²) in [6, 6.07) is -0.811. The van der Waals surface area contributed by atoms with Gasteiger partial charge in [0.05, 0.1) is 18.8 Å². The van der Waals surface area contributed by atoms with Gasteiger partial charge in [0, 0.05) is 0 Å². The molecule has 5 heteroatoms. The highest BCUT2D eigenvalue weighted by Gasteiger charge is 2.22. The Kier molecular flexibility index (Phi) is 55.4. The van der Waals surface area contributed by atoms with Gasteiger partial charge in [-0.2, -0.15) is 0 Å². The molecule has 392 valence electrons. The molecule has 0 rings (SSSR count). The maximum atomic E-state index is 12.5. The summed E-state index contributed by atoms with van der Waals surface area (Å²) in [5, 5.41) is 33.3. The molecule has 0 saturated heterocycles. The van der Waals surface area contributed by atoms with Crippen molar-refractivity contribution in [3.63, 3.8) is 0 Å². The monoisotopic (exact) mass is 930 g/mol. The smallest absolute Gasteiger partial charge is 0.249 e. The van der Waals surface area contributed by atoms with Crippen molar-refractivity contribution >= 4 is 5.91 Å². The lowest BCUT2D eigenvalue weighted by atomic mass is 10.0. The Morgan fingerprint density at radius 2 is 0.621 bits per heavy atom. The minimum Gasteiger partial charge on any atom is -0.394 e. The van der Waals surface area contributed by atoms with E-state index in [0.29, 0.717) is 6.42 Å². The second-order valence-corrected chi connectivity index (χ2v) is 20.9. The van der Waals surface area contributed by atoms with Gasteiger partial charge < -0.3 is 20.6 Å². The van der Waals surface area contributed by atoms with E-state index >= 15 is 0 Å². The number of rotatable bonds is 56. The number of aliphatic hydroxyl groups excluding tert-OH is 3. The van der Waals surface area contributed by atoms with Crippen LogP contribution in [0.3, 0.4) is 0 Å². The van der Waals surface area contributed by atoms with Crippen LogP contribution in [0.25, 0.3) is 0 Å². The van der Waals surface area contributed by atoms with Crippen LogP contribution < -0.4 is 5.32 Å². The van der Waals surface area contributed by atoms with Crippen molar-refractivity contribution in [2.24, 2.45) is 0 Å². The summed E-state index contributed by atoms with van der Waals surface area (Å²) in [5.41, 5.74) is 0. The first kappa shape index (κ1) is 64.8. The Balaban J connectivity index is 3.43. The summed E-state index contributed by atoms with van der Waals surface area (Å²) in [5.74, 6) is -0.507. The summed E-state index contributed by atoms with van der Waals surface area (Å²) in [6.45, 7) is 4.19. The molecule has 5 nitrogen and oxygen atoms in total. The Labute approximate surface area is 413 Å². The number of nitrogens with one attached hydrogen (secondary N) is 1. The third kappa shape index (κ3) is 50.7. The number of allylic oxidation sites excluding steroid dienone is 3. The maximum Gasteiger partial charge on any atom is 0.249 e. The molecule has 3 atom stereocenters. The van der Waals surface area contributed by atoms with E-state index in [1.165, 1.54) is 276 Å². The number of aliphatic hydroxyl groups is 3. The third-order valence-electron chi connectivity index (χ3n) is 14.3. The first-order valence-corrected chi connectivity index (χ1v) is 30.2. The van der Waals surface area contributed by atoms with Gasteiger partial charge in [-0.1, -0.05) is 327 Å². The van der Waals surface area contributed by atoms with Crippen LogP contribution in [0.15, 0.2) is 24.3 Å². The summed E-state index contributed by atoms with van der Waals surface area (Å²) < 4.78 is 0. The number of amides is 1. The molecule has 0 aliphatic carbocycles. The van der Waals surface area contributed by atoms with Gasteiger partial charge in [0.15, 0.2) is 0 Å². The largest absolute Gasteiger partial charge is 0.394 e. The van der Waals surface area contributed by atoms with Gasteiger partial charge in [0.2, 0.25) is 5.91 Å². The number of carbonyl (C=O) groups is 1. The fourth-order valence-corrected chi connectivity index (χ4v) is 9.62. The van der Waals surface area contributed by atoms with Crippen LogP contribution in [0.4, 0.5) is 0 Å². The SMILES string of the molecule is CCCCCCCCCC/C=C/CC/C=C/C(O)C(CO)NC(=O)C(O)CCCCCCCCCCCCCCCCCCCCCCCCCCCCCCCCCCCCCCCC. The normalized spacial score (nSPS) is 13.3. The molecule has 0 bridgehead atoms. The number of unbranched alkanes of at least 4 members (excludes halogenated alkanes) is 46. The summed E-state index contributed by atoms with van der Waals surface area (Å²) in [4.78, 5) is 12.5. The quantitative estimate of drug-likeness (QED) is 0.0361. The van der Waals surface area contributed by atoms with E-state index in [0.717, 1.165) is 38.5 Å². The molecule has 0 fully saturated rings. The van der Waals surface area contributed by atoms with Gasteiger partial charge in [0.1, 0.15) is 6.10 Å². The van der Waals surface area contributed by atoms with Crippen LogP contribution in [0.2, 0.25) is 0 Å². The summed E-state index contributed by atoms with van der Waals surface area (Å²) in [7, 11) is 0. The van der Waals surface area contributed by atoms with Gasteiger partial charge in [-0.05, 0) is 32.1 Å². The average molecular weight is 931 g/mol. The maximum absolute atomic E-state index is 12.5. The van der Waals surface area contributed by atoms with Gasteiger partial charge >= 0.3 is 0 Å². The van der Waals surface area contributed by atoms with Crippen LogP contribution in [0.5, 0.6) is 0 Å². The lowest BCUT2D eigenvalue weighted by Crippen LogP contribution is -2.48. The van der Waals surface area contributed by atoms with Gasteiger partial charge in [0.25, 0.3) is 0 Å². The highest BCUT2D eigenvalue weighted by atomic mass is 16.3. The highest BCUT2D eigenvalue weighted by Crippen LogP contribution is 2.18. The van der Waals surface area contributed by atoms with Crippen molar-refractivity contribution in [3.05, 3.63) is 24.3 Å². The first-order valence-electron chi connectivity index (χ1n) is 30.2. The number of hydrogen-bond acceptors (Lipinski definition) is 4. The third-order valence-corrected chi connectivity index (χ3v) is 14.3. The second kappa shape index (κ2) is 56.4. The van der Waals surface area contributed by atoms with Crippen molar-refractivity contribution in [1.82, 2.24) is 5.32 Å². The molecule has 4 N–H and O–H groups in total. The van der Waals surface area contributed by atoms with E-state index in [9.17, 15) is 20.1 Å². The van der Waals surface area contributed by atoms with Crippen molar-refractivity contribution in [2.45, 2.75) is 353 Å². The fraction of sp³-hybridized carbons (Fsp3) is 0.918. The van der Waals surface area contributed by atoms with Crippen LogP contribution in [-0.2, 0) is 4.79 Å². The zero-order valence-corrected chi connectivity index (χ0v) is 44.9. The standard InChI is InChI=1S/C61H119NO4/c1-3-5-7-9-11-13-15-17-19-20-21-22-23-24-25-26-27-28-29-30-31-32-33-34-35-36-37-38-39-40-41-42-44-46-48-50-52-54-56-60(65)61(66)62-58(57-63)59(64)55-53-51-49-47-45-43-18-16-14-12-10-8-6-4-2/h45,47,53,55,58-60,63-65H,3-44,46,48-52,54,56-57H2,1-2H3,(H,62,66)/b47-45+,55-53+. The first-order chi connectivity index (χ1) is 32.6. The molecule has 0 aromatic carbocycles. The van der Waals surface area contributed by atoms with Crippen molar-refractivity contribution in [3.8, 4) is 0 Å². The van der Waals surface area contributed by atoms with Gasteiger partial charge in [-0.15, -0.1) is 0 Å². The van der Waals surface area contributed by atoms with Gasteiger partial charge in [-0.3, -0.25) is 4.79 Å². The molecule has 0 aliphatic heterocycles. The Morgan fingerprint density at radius 1 is 0.364 bits per heavy atom. The lowest BCUT2D eigenvalue weighted by molar-refractivity contribution is -0.131. The summed E-state index contributed by atoms with van der Waals surface area (Å²) in [6.07, 6.45) is 73.0. The van der Waals surface area contributed by atoms with E-state index in [2.05, 4.69) is 31.3 Å². The molecule has 66 heavy (non-hydrogen) atoms. The van der Waals surface area contributed by atoms with Crippen molar-refractivity contribution in [1.29, 1.82) is 0 Å². The molecule has 1 amide bonds. The fourth-order valence-electron chi connectivity index (χ4n) is 9.62. The van der Waals surface area contributed by atoms with Crippen molar-refractivity contribution < 1.29 is 20.1 Å². The van der Waals surface area contributed by atoms with E-state index in [1.54, 1.807) is 6.08 Å². The van der Waals surface area contributed by atoms with E-state index in [4.69, 9.17) is 0 Å². The van der Waals surface area contributed by atoms with Crippen LogP contribution >= 0.6 is 0 Å². The second-order valence-electron chi connectivity index (χ2n) is 20.9. The van der Waals surface area contributed by atoms with E-state index < -0.39 is 24.2 Å².